The lowest BCUT2D eigenvalue weighted by molar-refractivity contribution is -0.137. The molecular formula is C20H15F3N4S. The Morgan fingerprint density at radius 2 is 1.86 bits per heavy atom. The van der Waals surface area contributed by atoms with Crippen LogP contribution < -0.4 is 5.32 Å². The Kier molecular flexibility index (Phi) is 4.72. The summed E-state index contributed by atoms with van der Waals surface area (Å²) in [7, 11) is 0. The molecule has 0 unspecified atom stereocenters. The van der Waals surface area contributed by atoms with Crippen LogP contribution >= 0.6 is 11.8 Å². The van der Waals surface area contributed by atoms with Crippen molar-refractivity contribution in [2.45, 2.75) is 11.1 Å². The van der Waals surface area contributed by atoms with Crippen LogP contribution in [0.5, 0.6) is 0 Å². The summed E-state index contributed by atoms with van der Waals surface area (Å²) in [5.74, 6) is 0.577. The van der Waals surface area contributed by atoms with Crippen molar-refractivity contribution in [1.82, 2.24) is 14.4 Å². The number of imidazole rings is 1. The van der Waals surface area contributed by atoms with Gasteiger partial charge in [0, 0.05) is 28.5 Å². The number of rotatable bonds is 4. The van der Waals surface area contributed by atoms with E-state index >= 15 is 0 Å². The van der Waals surface area contributed by atoms with Gasteiger partial charge in [-0.15, -0.1) is 11.8 Å². The van der Waals surface area contributed by atoms with E-state index in [1.54, 1.807) is 40.8 Å². The van der Waals surface area contributed by atoms with Crippen LogP contribution in [0.15, 0.2) is 72.0 Å². The van der Waals surface area contributed by atoms with Crippen molar-refractivity contribution >= 4 is 28.9 Å². The number of halogens is 3. The molecular weight excluding hydrogens is 385 g/mol. The molecule has 0 atom stereocenters. The van der Waals surface area contributed by atoms with E-state index in [1.807, 2.05) is 30.5 Å². The molecule has 0 fully saturated rings. The van der Waals surface area contributed by atoms with Gasteiger partial charge in [0.05, 0.1) is 11.8 Å². The smallest absolute Gasteiger partial charge is 0.339 e. The maximum Gasteiger partial charge on any atom is 0.416 e. The van der Waals surface area contributed by atoms with Gasteiger partial charge in [0.1, 0.15) is 11.5 Å². The molecule has 8 heteroatoms. The molecule has 0 radical (unpaired) electrons. The summed E-state index contributed by atoms with van der Waals surface area (Å²) in [6.07, 6.45) is 2.52. The van der Waals surface area contributed by atoms with Crippen molar-refractivity contribution in [2.75, 3.05) is 11.6 Å². The lowest BCUT2D eigenvalue weighted by atomic mass is 10.1. The lowest BCUT2D eigenvalue weighted by Gasteiger charge is -2.12. The number of nitrogens with zero attached hydrogens (tertiary/aromatic N) is 3. The van der Waals surface area contributed by atoms with E-state index in [2.05, 4.69) is 15.3 Å². The van der Waals surface area contributed by atoms with Crippen molar-refractivity contribution in [3.63, 3.8) is 0 Å². The highest BCUT2D eigenvalue weighted by atomic mass is 32.2. The summed E-state index contributed by atoms with van der Waals surface area (Å²) >= 11 is 1.63. The largest absolute Gasteiger partial charge is 0.416 e. The molecule has 0 spiro atoms. The fraction of sp³-hybridized carbons (Fsp3) is 0.100. The summed E-state index contributed by atoms with van der Waals surface area (Å²) in [4.78, 5) is 9.81. The molecule has 2 heterocycles. The summed E-state index contributed by atoms with van der Waals surface area (Å²) in [5, 5.41) is 3.10. The van der Waals surface area contributed by atoms with Crippen molar-refractivity contribution < 1.29 is 13.2 Å². The standard InChI is InChI=1S/C20H15F3N4S/c1-28-16-7-5-13(6-8-16)18-19(27-10-9-24-12-17(27)26-18)25-15-4-2-3-14(11-15)20(21,22)23/h2-12,25H,1H3. The highest BCUT2D eigenvalue weighted by Crippen LogP contribution is 2.34. The predicted octanol–water partition coefficient (Wildman–Crippen LogP) is 5.88. The summed E-state index contributed by atoms with van der Waals surface area (Å²) in [5.41, 5.74) is 1.71. The van der Waals surface area contributed by atoms with Gasteiger partial charge in [-0.05, 0) is 36.6 Å². The number of alkyl halides is 3. The van der Waals surface area contributed by atoms with E-state index in [9.17, 15) is 13.2 Å². The van der Waals surface area contributed by atoms with Crippen LogP contribution in [0.3, 0.4) is 0 Å². The second kappa shape index (κ2) is 7.20. The number of thioether (sulfide) groups is 1. The Labute approximate surface area is 163 Å². The van der Waals surface area contributed by atoms with E-state index in [0.29, 0.717) is 22.8 Å². The van der Waals surface area contributed by atoms with Crippen LogP contribution in [0.4, 0.5) is 24.7 Å². The summed E-state index contributed by atoms with van der Waals surface area (Å²) < 4.78 is 40.9. The highest BCUT2D eigenvalue weighted by Gasteiger charge is 2.30. The van der Waals surface area contributed by atoms with Crippen LogP contribution in [0, 0.1) is 0 Å². The number of hydrogen-bond donors (Lipinski definition) is 1. The van der Waals surface area contributed by atoms with Crippen molar-refractivity contribution in [2.24, 2.45) is 0 Å². The van der Waals surface area contributed by atoms with Gasteiger partial charge in [0.2, 0.25) is 0 Å². The molecule has 4 nitrogen and oxygen atoms in total. The molecule has 2 aromatic heterocycles. The minimum atomic E-state index is -4.41. The van der Waals surface area contributed by atoms with Crippen LogP contribution in [0.25, 0.3) is 16.9 Å². The molecule has 0 amide bonds. The number of hydrogen-bond acceptors (Lipinski definition) is 4. The van der Waals surface area contributed by atoms with Gasteiger partial charge in [-0.2, -0.15) is 13.2 Å². The fourth-order valence-corrected chi connectivity index (χ4v) is 3.29. The SMILES string of the molecule is CSc1ccc(-c2nc3cnccn3c2Nc2cccc(C(F)(F)F)c2)cc1. The zero-order valence-corrected chi connectivity index (χ0v) is 15.6. The van der Waals surface area contributed by atoms with Gasteiger partial charge in [-0.25, -0.2) is 4.98 Å². The van der Waals surface area contributed by atoms with Gasteiger partial charge in [0.25, 0.3) is 0 Å². The third-order valence-electron chi connectivity index (χ3n) is 4.25. The van der Waals surface area contributed by atoms with Crippen LogP contribution in [0.1, 0.15) is 5.56 Å². The molecule has 0 aliphatic rings. The topological polar surface area (TPSA) is 42.2 Å². The fourth-order valence-electron chi connectivity index (χ4n) is 2.89. The minimum Gasteiger partial charge on any atom is -0.339 e. The second-order valence-corrected chi connectivity index (χ2v) is 6.93. The average Bonchev–Trinajstić information content (AvgIpc) is 3.06. The maximum absolute atomic E-state index is 13.1. The molecule has 4 rings (SSSR count). The van der Waals surface area contributed by atoms with E-state index in [0.717, 1.165) is 22.6 Å². The summed E-state index contributed by atoms with van der Waals surface area (Å²) in [6, 6.07) is 13.0. The first-order chi connectivity index (χ1) is 13.5. The third-order valence-corrected chi connectivity index (χ3v) is 4.99. The molecule has 142 valence electrons. The van der Waals surface area contributed by atoms with Crippen LogP contribution in [0.2, 0.25) is 0 Å². The minimum absolute atomic E-state index is 0.329. The number of aromatic nitrogens is 3. The predicted molar refractivity (Wildman–Crippen MR) is 105 cm³/mol. The molecule has 0 bridgehead atoms. The summed E-state index contributed by atoms with van der Waals surface area (Å²) in [6.45, 7) is 0. The Morgan fingerprint density at radius 1 is 1.07 bits per heavy atom. The molecule has 0 aliphatic carbocycles. The average molecular weight is 400 g/mol. The van der Waals surface area contributed by atoms with Crippen LogP contribution in [-0.2, 0) is 6.18 Å². The lowest BCUT2D eigenvalue weighted by Crippen LogP contribution is -2.05. The normalized spacial score (nSPS) is 11.7. The molecule has 0 saturated heterocycles. The first-order valence-electron chi connectivity index (χ1n) is 8.36. The van der Waals surface area contributed by atoms with Crippen molar-refractivity contribution in [3.8, 4) is 11.3 Å². The van der Waals surface area contributed by atoms with E-state index < -0.39 is 11.7 Å². The molecule has 1 N–H and O–H groups in total. The first kappa shape index (κ1) is 18.4. The first-order valence-corrected chi connectivity index (χ1v) is 9.59. The third kappa shape index (κ3) is 3.55. The van der Waals surface area contributed by atoms with E-state index in [1.165, 1.54) is 6.07 Å². The molecule has 28 heavy (non-hydrogen) atoms. The molecule has 4 aromatic rings. The maximum atomic E-state index is 13.1. The Hall–Kier alpha value is -3.00. The Morgan fingerprint density at radius 3 is 2.57 bits per heavy atom. The number of fused-ring (bicyclic) bond motifs is 1. The molecule has 0 aliphatic heterocycles. The quantitative estimate of drug-likeness (QED) is 0.434. The van der Waals surface area contributed by atoms with E-state index in [4.69, 9.17) is 0 Å². The molecule has 2 aromatic carbocycles. The second-order valence-electron chi connectivity index (χ2n) is 6.05. The number of anilines is 2. The van der Waals surface area contributed by atoms with Gasteiger partial charge >= 0.3 is 6.18 Å². The monoisotopic (exact) mass is 400 g/mol. The van der Waals surface area contributed by atoms with Gasteiger partial charge < -0.3 is 5.32 Å². The van der Waals surface area contributed by atoms with E-state index in [-0.39, 0.29) is 0 Å². The van der Waals surface area contributed by atoms with Gasteiger partial charge in [-0.1, -0.05) is 18.2 Å². The van der Waals surface area contributed by atoms with Crippen molar-refractivity contribution in [3.05, 3.63) is 72.7 Å². The zero-order chi connectivity index (χ0) is 19.7. The van der Waals surface area contributed by atoms with Gasteiger partial charge in [0.15, 0.2) is 5.65 Å². The highest BCUT2D eigenvalue weighted by molar-refractivity contribution is 7.98. The Bertz CT molecular complexity index is 1120. The van der Waals surface area contributed by atoms with Crippen LogP contribution in [-0.4, -0.2) is 20.6 Å². The number of nitrogens with one attached hydrogen (secondary N) is 1. The van der Waals surface area contributed by atoms with Gasteiger partial charge in [-0.3, -0.25) is 9.38 Å². The van der Waals surface area contributed by atoms with Crippen molar-refractivity contribution in [1.29, 1.82) is 0 Å². The zero-order valence-electron chi connectivity index (χ0n) is 14.7. The molecule has 0 saturated carbocycles. The Balaban J connectivity index is 1.81. The number of benzene rings is 2.